The maximum atomic E-state index is 13.1. The average Bonchev–Trinajstić information content (AvgIpc) is 2.87. The maximum Gasteiger partial charge on any atom is 0.340 e. The molecule has 132 valence electrons. The summed E-state index contributed by atoms with van der Waals surface area (Å²) in [5.74, 6) is -0.772. The Morgan fingerprint density at radius 3 is 2.35 bits per heavy atom. The molecule has 3 rings (SSSR count). The number of allylic oxidation sites excluding steroid dienone is 1. The number of methoxy groups -OCH3 is 1. The predicted molar refractivity (Wildman–Crippen MR) is 106 cm³/mol. The smallest absolute Gasteiger partial charge is 0.340 e. The summed E-state index contributed by atoms with van der Waals surface area (Å²) in [5.41, 5.74) is 3.80. The van der Waals surface area contributed by atoms with Gasteiger partial charge in [0.25, 0.3) is 5.91 Å². The Morgan fingerprint density at radius 2 is 1.73 bits per heavy atom. The van der Waals surface area contributed by atoms with E-state index in [2.05, 4.69) is 15.9 Å². The molecule has 0 N–H and O–H groups in total. The number of ether oxygens (including phenoxy) is 1. The van der Waals surface area contributed by atoms with Crippen LogP contribution in [0.5, 0.6) is 0 Å². The zero-order valence-corrected chi connectivity index (χ0v) is 16.3. The molecule has 0 unspecified atom stereocenters. The summed E-state index contributed by atoms with van der Waals surface area (Å²) in [7, 11) is 1.32. The lowest BCUT2D eigenvalue weighted by Crippen LogP contribution is -2.24. The van der Waals surface area contributed by atoms with E-state index in [1.165, 1.54) is 7.11 Å². The van der Waals surface area contributed by atoms with Gasteiger partial charge in [-0.15, -0.1) is 0 Å². The van der Waals surface area contributed by atoms with E-state index in [0.717, 1.165) is 21.3 Å². The number of benzene rings is 2. The summed E-state index contributed by atoms with van der Waals surface area (Å²) >= 11 is 3.48. The molecule has 1 amide bonds. The number of amides is 1. The van der Waals surface area contributed by atoms with E-state index in [-0.39, 0.29) is 11.5 Å². The summed E-state index contributed by atoms with van der Waals surface area (Å²) in [6.45, 7) is 3.74. The third-order valence-corrected chi connectivity index (χ3v) is 5.01. The lowest BCUT2D eigenvalue weighted by atomic mass is 10.0. The van der Waals surface area contributed by atoms with Gasteiger partial charge >= 0.3 is 5.97 Å². The number of carbonyl (C=O) groups is 2. The quantitative estimate of drug-likeness (QED) is 0.546. The Morgan fingerprint density at radius 1 is 1.08 bits per heavy atom. The third-order valence-electron chi connectivity index (χ3n) is 4.29. The van der Waals surface area contributed by atoms with Crippen molar-refractivity contribution in [3.05, 3.63) is 81.0 Å². The van der Waals surface area contributed by atoms with E-state index in [9.17, 15) is 9.59 Å². The van der Waals surface area contributed by atoms with E-state index >= 15 is 0 Å². The minimum absolute atomic E-state index is 0.248. The van der Waals surface area contributed by atoms with Gasteiger partial charge < -0.3 is 4.74 Å². The van der Waals surface area contributed by atoms with Crippen LogP contribution in [0.2, 0.25) is 0 Å². The number of anilines is 1. The number of hydrogen-bond donors (Lipinski definition) is 0. The fraction of sp³-hybridized carbons (Fsp3) is 0.143. The molecule has 26 heavy (non-hydrogen) atoms. The van der Waals surface area contributed by atoms with Crippen molar-refractivity contribution in [2.24, 2.45) is 0 Å². The van der Waals surface area contributed by atoms with Crippen LogP contribution in [0, 0.1) is 6.92 Å². The molecule has 2 aromatic rings. The molecule has 1 heterocycles. The highest BCUT2D eigenvalue weighted by molar-refractivity contribution is 9.10. The van der Waals surface area contributed by atoms with Gasteiger partial charge in [0.2, 0.25) is 0 Å². The Bertz CT molecular complexity index is 942. The lowest BCUT2D eigenvalue weighted by molar-refractivity contribution is -0.136. The van der Waals surface area contributed by atoms with Crippen LogP contribution < -0.4 is 4.90 Å². The molecule has 0 atom stereocenters. The average molecular weight is 412 g/mol. The zero-order chi connectivity index (χ0) is 18.8. The van der Waals surface area contributed by atoms with E-state index in [1.54, 1.807) is 17.9 Å². The summed E-state index contributed by atoms with van der Waals surface area (Å²) in [6, 6.07) is 15.1. The Balaban J connectivity index is 2.15. The molecule has 0 spiro atoms. The van der Waals surface area contributed by atoms with Crippen LogP contribution in [0.4, 0.5) is 5.69 Å². The van der Waals surface area contributed by atoms with Crippen LogP contribution in [-0.2, 0) is 14.3 Å². The van der Waals surface area contributed by atoms with Gasteiger partial charge in [-0.2, -0.15) is 0 Å². The first kappa shape index (κ1) is 18.1. The topological polar surface area (TPSA) is 46.6 Å². The van der Waals surface area contributed by atoms with Gasteiger partial charge in [0, 0.05) is 15.9 Å². The van der Waals surface area contributed by atoms with Crippen molar-refractivity contribution in [1.82, 2.24) is 0 Å². The number of nitrogens with zero attached hydrogens (tertiary/aromatic N) is 1. The molecule has 5 heteroatoms. The van der Waals surface area contributed by atoms with Gasteiger partial charge in [-0.25, -0.2) is 4.79 Å². The summed E-state index contributed by atoms with van der Waals surface area (Å²) in [4.78, 5) is 27.1. The normalized spacial score (nSPS) is 15.8. The Hall–Kier alpha value is -2.66. The number of halogens is 1. The van der Waals surface area contributed by atoms with E-state index in [1.807, 2.05) is 55.5 Å². The van der Waals surface area contributed by atoms with Crippen LogP contribution in [-0.4, -0.2) is 19.0 Å². The van der Waals surface area contributed by atoms with Crippen LogP contribution in [0.25, 0.3) is 6.08 Å². The number of hydrogen-bond acceptors (Lipinski definition) is 3. The predicted octanol–water partition coefficient (Wildman–Crippen LogP) is 4.63. The van der Waals surface area contributed by atoms with Gasteiger partial charge in [0.15, 0.2) is 0 Å². The molecule has 0 saturated carbocycles. The largest absolute Gasteiger partial charge is 0.465 e. The molecule has 2 aromatic carbocycles. The van der Waals surface area contributed by atoms with E-state index in [0.29, 0.717) is 11.3 Å². The molecule has 0 aromatic heterocycles. The van der Waals surface area contributed by atoms with Crippen LogP contribution in [0.15, 0.2) is 69.8 Å². The first-order chi connectivity index (χ1) is 12.4. The van der Waals surface area contributed by atoms with Gasteiger partial charge in [0.1, 0.15) is 0 Å². The Kier molecular flexibility index (Phi) is 5.09. The van der Waals surface area contributed by atoms with Crippen LogP contribution in [0.1, 0.15) is 18.1 Å². The van der Waals surface area contributed by atoms with Crippen molar-refractivity contribution < 1.29 is 14.3 Å². The number of esters is 1. The van der Waals surface area contributed by atoms with Gasteiger partial charge in [0.05, 0.1) is 18.3 Å². The van der Waals surface area contributed by atoms with Crippen LogP contribution >= 0.6 is 15.9 Å². The second-order valence-electron chi connectivity index (χ2n) is 6.01. The van der Waals surface area contributed by atoms with Crippen molar-refractivity contribution in [3.63, 3.8) is 0 Å². The standard InChI is InChI=1S/C21H18BrNO3/c1-13-8-10-16(11-9-13)23-14(2)19(21(25)26-3)17(20(23)24)12-15-6-4-5-7-18(15)22/h4-12H,1-3H3/b17-12-. The molecule has 0 bridgehead atoms. The van der Waals surface area contributed by atoms with Crippen molar-refractivity contribution in [3.8, 4) is 0 Å². The summed E-state index contributed by atoms with van der Waals surface area (Å²) < 4.78 is 5.77. The second kappa shape index (κ2) is 7.30. The van der Waals surface area contributed by atoms with Crippen molar-refractivity contribution in [1.29, 1.82) is 0 Å². The molecule has 1 aliphatic rings. The van der Waals surface area contributed by atoms with Crippen LogP contribution in [0.3, 0.4) is 0 Å². The molecular weight excluding hydrogens is 394 g/mol. The van der Waals surface area contributed by atoms with Gasteiger partial charge in [-0.3, -0.25) is 9.69 Å². The summed E-state index contributed by atoms with van der Waals surface area (Å²) in [6.07, 6.45) is 1.72. The number of rotatable bonds is 3. The molecule has 0 saturated heterocycles. The molecule has 0 fully saturated rings. The van der Waals surface area contributed by atoms with Crippen molar-refractivity contribution >= 4 is 39.6 Å². The minimum atomic E-state index is -0.524. The van der Waals surface area contributed by atoms with E-state index in [4.69, 9.17) is 4.74 Å². The molecule has 0 aliphatic carbocycles. The lowest BCUT2D eigenvalue weighted by Gasteiger charge is -2.18. The summed E-state index contributed by atoms with van der Waals surface area (Å²) in [5, 5.41) is 0. The Labute approximate surface area is 160 Å². The van der Waals surface area contributed by atoms with Crippen molar-refractivity contribution in [2.45, 2.75) is 13.8 Å². The first-order valence-corrected chi connectivity index (χ1v) is 8.90. The van der Waals surface area contributed by atoms with Gasteiger partial charge in [-0.05, 0) is 43.7 Å². The number of carbonyl (C=O) groups excluding carboxylic acids is 2. The molecule has 4 nitrogen and oxygen atoms in total. The van der Waals surface area contributed by atoms with E-state index < -0.39 is 5.97 Å². The SMILES string of the molecule is COC(=O)C1=C(C)N(c2ccc(C)cc2)C(=O)/C1=C\c1ccccc1Br. The molecule has 1 aliphatic heterocycles. The molecular formula is C21H18BrNO3. The zero-order valence-electron chi connectivity index (χ0n) is 14.7. The first-order valence-electron chi connectivity index (χ1n) is 8.11. The highest BCUT2D eigenvalue weighted by Crippen LogP contribution is 2.36. The van der Waals surface area contributed by atoms with Gasteiger partial charge in [-0.1, -0.05) is 51.8 Å². The monoisotopic (exact) mass is 411 g/mol. The molecule has 0 radical (unpaired) electrons. The fourth-order valence-corrected chi connectivity index (χ4v) is 3.33. The maximum absolute atomic E-state index is 13.1. The minimum Gasteiger partial charge on any atom is -0.465 e. The third kappa shape index (κ3) is 3.22. The second-order valence-corrected chi connectivity index (χ2v) is 6.86. The highest BCUT2D eigenvalue weighted by atomic mass is 79.9. The highest BCUT2D eigenvalue weighted by Gasteiger charge is 2.37. The fourth-order valence-electron chi connectivity index (χ4n) is 2.93. The number of aryl methyl sites for hydroxylation is 1. The van der Waals surface area contributed by atoms with Crippen molar-refractivity contribution in [2.75, 3.05) is 12.0 Å².